The fraction of sp³-hybridized carbons (Fsp3) is 0.278. The van der Waals surface area contributed by atoms with Crippen LogP contribution in [0.3, 0.4) is 0 Å². The Balaban J connectivity index is 2.38. The highest BCUT2D eigenvalue weighted by molar-refractivity contribution is 7.90. The number of carbonyl (C=O) groups excluding carboxylic acids is 3. The van der Waals surface area contributed by atoms with Crippen LogP contribution in [0.5, 0.6) is 11.8 Å². The van der Waals surface area contributed by atoms with Crippen LogP contribution in [0.2, 0.25) is 0 Å². The lowest BCUT2D eigenvalue weighted by molar-refractivity contribution is -0.138. The number of benzene rings is 1. The number of ether oxygens (including phenoxy) is 4. The zero-order chi connectivity index (χ0) is 24.6. The van der Waals surface area contributed by atoms with Gasteiger partial charge in [-0.15, -0.1) is 0 Å². The summed E-state index contributed by atoms with van der Waals surface area (Å²) in [6.45, 7) is -0.409. The minimum atomic E-state index is -4.68. The third-order valence-corrected chi connectivity index (χ3v) is 5.32. The lowest BCUT2D eigenvalue weighted by Gasteiger charge is -2.16. The van der Waals surface area contributed by atoms with Gasteiger partial charge in [0.25, 0.3) is 10.0 Å². The van der Waals surface area contributed by atoms with E-state index in [1.54, 1.807) is 4.72 Å². The van der Waals surface area contributed by atoms with Crippen molar-refractivity contribution in [2.24, 2.45) is 0 Å². The van der Waals surface area contributed by atoms with Crippen LogP contribution >= 0.6 is 0 Å². The van der Waals surface area contributed by atoms with Crippen LogP contribution in [0.1, 0.15) is 10.4 Å². The minimum absolute atomic E-state index is 0.0466. The number of urea groups is 1. The van der Waals surface area contributed by atoms with Gasteiger partial charge in [0.05, 0.1) is 45.8 Å². The molecule has 0 aliphatic carbocycles. The zero-order valence-corrected chi connectivity index (χ0v) is 18.8. The van der Waals surface area contributed by atoms with Gasteiger partial charge in [-0.05, 0) is 12.1 Å². The first-order valence-corrected chi connectivity index (χ1v) is 10.5. The maximum Gasteiger partial charge on any atom is 0.339 e. The van der Waals surface area contributed by atoms with Crippen LogP contribution in [0.4, 0.5) is 16.4 Å². The SMILES string of the molecule is COC(=O)CNc1cccc(C(=O)OC)c1S(=O)(=O)NC(=O)Nc1nc(OC)cc(OC)n1. The van der Waals surface area contributed by atoms with Crippen molar-refractivity contribution in [1.82, 2.24) is 14.7 Å². The van der Waals surface area contributed by atoms with E-state index in [0.29, 0.717) is 0 Å². The van der Waals surface area contributed by atoms with Crippen LogP contribution < -0.4 is 24.8 Å². The predicted octanol–water partition coefficient (Wildman–Crippen LogP) is 0.376. The molecule has 2 rings (SSSR count). The second kappa shape index (κ2) is 10.9. The summed E-state index contributed by atoms with van der Waals surface area (Å²) >= 11 is 0. The topological polar surface area (TPSA) is 184 Å². The van der Waals surface area contributed by atoms with E-state index in [2.05, 4.69) is 30.1 Å². The van der Waals surface area contributed by atoms with Crippen molar-refractivity contribution >= 4 is 39.6 Å². The Morgan fingerprint density at radius 3 is 2.15 bits per heavy atom. The quantitative estimate of drug-likeness (QED) is 0.417. The molecule has 2 aromatic rings. The fourth-order valence-corrected chi connectivity index (χ4v) is 3.71. The standard InChI is InChI=1S/C18H21N5O9S/c1-29-12-8-13(30-2)21-17(20-12)22-18(26)23-33(27,28)15-10(16(25)32-4)6-5-7-11(15)19-9-14(24)31-3/h5-8,19H,9H2,1-4H3,(H2,20,21,22,23,26). The molecule has 33 heavy (non-hydrogen) atoms. The Morgan fingerprint density at radius 1 is 0.970 bits per heavy atom. The number of anilines is 2. The van der Waals surface area contributed by atoms with Gasteiger partial charge in [0.1, 0.15) is 11.4 Å². The summed E-state index contributed by atoms with van der Waals surface area (Å²) in [5.74, 6) is -1.91. The number of esters is 2. The molecule has 0 saturated heterocycles. The van der Waals surface area contributed by atoms with Gasteiger partial charge in [-0.25, -0.2) is 22.7 Å². The van der Waals surface area contributed by atoms with E-state index < -0.39 is 39.4 Å². The summed E-state index contributed by atoms with van der Waals surface area (Å²) in [6.07, 6.45) is 0. The molecule has 0 aliphatic rings. The van der Waals surface area contributed by atoms with E-state index in [9.17, 15) is 22.8 Å². The van der Waals surface area contributed by atoms with Crippen LogP contribution in [-0.2, 0) is 24.3 Å². The van der Waals surface area contributed by atoms with Gasteiger partial charge in [-0.3, -0.25) is 10.1 Å². The van der Waals surface area contributed by atoms with Gasteiger partial charge >= 0.3 is 18.0 Å². The van der Waals surface area contributed by atoms with Crippen molar-refractivity contribution in [3.63, 3.8) is 0 Å². The molecule has 3 N–H and O–H groups in total. The highest BCUT2D eigenvalue weighted by atomic mass is 32.2. The zero-order valence-electron chi connectivity index (χ0n) is 18.0. The number of hydrogen-bond donors (Lipinski definition) is 3. The molecule has 0 bridgehead atoms. The molecule has 2 amide bonds. The Hall–Kier alpha value is -4.14. The summed E-state index contributed by atoms with van der Waals surface area (Å²) in [5.41, 5.74) is -0.533. The van der Waals surface area contributed by atoms with E-state index in [1.807, 2.05) is 0 Å². The van der Waals surface area contributed by atoms with Crippen molar-refractivity contribution in [1.29, 1.82) is 0 Å². The number of sulfonamides is 1. The molecule has 14 nitrogen and oxygen atoms in total. The molecule has 0 spiro atoms. The third-order valence-electron chi connectivity index (χ3n) is 3.89. The summed E-state index contributed by atoms with van der Waals surface area (Å²) in [6, 6.07) is 3.92. The number of hydrogen-bond acceptors (Lipinski definition) is 12. The second-order valence-electron chi connectivity index (χ2n) is 5.94. The number of aromatic nitrogens is 2. The molecule has 0 fully saturated rings. The molecule has 178 valence electrons. The Bertz CT molecular complexity index is 1130. The van der Waals surface area contributed by atoms with E-state index in [-0.39, 0.29) is 29.0 Å². The van der Waals surface area contributed by atoms with Crippen LogP contribution in [-0.4, -0.2) is 71.3 Å². The fourth-order valence-electron chi connectivity index (χ4n) is 2.45. The molecule has 1 aromatic heterocycles. The average Bonchev–Trinajstić information content (AvgIpc) is 2.80. The maximum absolute atomic E-state index is 13.0. The molecule has 1 aromatic carbocycles. The smallest absolute Gasteiger partial charge is 0.339 e. The summed E-state index contributed by atoms with van der Waals surface area (Å²) in [5, 5.41) is 4.69. The summed E-state index contributed by atoms with van der Waals surface area (Å²) in [7, 11) is 0.170. The monoisotopic (exact) mass is 483 g/mol. The third kappa shape index (κ3) is 6.42. The van der Waals surface area contributed by atoms with Gasteiger partial charge in [-0.1, -0.05) is 6.07 Å². The summed E-state index contributed by atoms with van der Waals surface area (Å²) in [4.78, 5) is 43.1. The molecule has 1 heterocycles. The maximum atomic E-state index is 13.0. The molecule has 0 saturated carbocycles. The van der Waals surface area contributed by atoms with Crippen molar-refractivity contribution in [3.05, 3.63) is 29.8 Å². The summed E-state index contributed by atoms with van der Waals surface area (Å²) < 4.78 is 46.9. The number of nitrogens with one attached hydrogen (secondary N) is 3. The van der Waals surface area contributed by atoms with Crippen LogP contribution in [0, 0.1) is 0 Å². The van der Waals surface area contributed by atoms with E-state index in [0.717, 1.165) is 14.2 Å². The van der Waals surface area contributed by atoms with Crippen molar-refractivity contribution in [3.8, 4) is 11.8 Å². The highest BCUT2D eigenvalue weighted by Gasteiger charge is 2.29. The molecular formula is C18H21N5O9S. The van der Waals surface area contributed by atoms with E-state index in [1.165, 1.54) is 38.5 Å². The second-order valence-corrected chi connectivity index (χ2v) is 7.56. The first-order valence-electron chi connectivity index (χ1n) is 8.98. The van der Waals surface area contributed by atoms with Crippen molar-refractivity contribution < 1.29 is 41.7 Å². The van der Waals surface area contributed by atoms with Gasteiger partial charge in [0.15, 0.2) is 0 Å². The molecule has 0 atom stereocenters. The Morgan fingerprint density at radius 2 is 1.61 bits per heavy atom. The molecular weight excluding hydrogens is 462 g/mol. The van der Waals surface area contributed by atoms with Gasteiger partial charge in [-0.2, -0.15) is 9.97 Å². The van der Waals surface area contributed by atoms with E-state index in [4.69, 9.17) is 9.47 Å². The van der Waals surface area contributed by atoms with Crippen LogP contribution in [0.25, 0.3) is 0 Å². The molecule has 0 unspecified atom stereocenters. The van der Waals surface area contributed by atoms with Gasteiger partial charge in [0.2, 0.25) is 17.7 Å². The van der Waals surface area contributed by atoms with E-state index >= 15 is 0 Å². The lowest BCUT2D eigenvalue weighted by Crippen LogP contribution is -2.36. The minimum Gasteiger partial charge on any atom is -0.481 e. The molecule has 0 aliphatic heterocycles. The normalized spacial score (nSPS) is 10.5. The average molecular weight is 483 g/mol. The van der Waals surface area contributed by atoms with Crippen LogP contribution in [0.15, 0.2) is 29.2 Å². The lowest BCUT2D eigenvalue weighted by atomic mass is 10.2. The Labute approximate surface area is 188 Å². The number of methoxy groups -OCH3 is 4. The first kappa shape index (κ1) is 25.1. The molecule has 15 heteroatoms. The van der Waals surface area contributed by atoms with Crippen molar-refractivity contribution in [2.75, 3.05) is 45.6 Å². The Kier molecular flexibility index (Phi) is 8.33. The number of amides is 2. The highest BCUT2D eigenvalue weighted by Crippen LogP contribution is 2.26. The van der Waals surface area contributed by atoms with Gasteiger partial charge < -0.3 is 24.3 Å². The number of carbonyl (C=O) groups is 3. The number of nitrogens with zero attached hydrogens (tertiary/aromatic N) is 2. The molecule has 0 radical (unpaired) electrons. The first-order chi connectivity index (χ1) is 15.6. The number of rotatable bonds is 9. The predicted molar refractivity (Wildman–Crippen MR) is 113 cm³/mol. The largest absolute Gasteiger partial charge is 0.481 e. The van der Waals surface area contributed by atoms with Gasteiger partial charge in [0, 0.05) is 0 Å². The van der Waals surface area contributed by atoms with Crippen molar-refractivity contribution in [2.45, 2.75) is 4.90 Å².